The van der Waals surface area contributed by atoms with Crippen molar-refractivity contribution in [1.82, 2.24) is 10.6 Å². The van der Waals surface area contributed by atoms with E-state index in [-0.39, 0.29) is 5.91 Å². The second-order valence-electron chi connectivity index (χ2n) is 7.90. The summed E-state index contributed by atoms with van der Waals surface area (Å²) in [5.41, 5.74) is 4.68. The zero-order valence-corrected chi connectivity index (χ0v) is 17.4. The summed E-state index contributed by atoms with van der Waals surface area (Å²) in [4.78, 5) is 14.2. The Bertz CT molecular complexity index is 853. The second kappa shape index (κ2) is 8.97. The number of fused-ring (bicyclic) bond motifs is 1. The molecule has 2 heterocycles. The van der Waals surface area contributed by atoms with E-state index in [1.54, 1.807) is 7.11 Å². The average molecular weight is 394 g/mol. The lowest BCUT2D eigenvalue weighted by atomic mass is 9.92. The van der Waals surface area contributed by atoms with Crippen LogP contribution in [-0.4, -0.2) is 32.1 Å². The molecule has 2 aliphatic heterocycles. The first kappa shape index (κ1) is 19.9. The van der Waals surface area contributed by atoms with E-state index >= 15 is 0 Å². The summed E-state index contributed by atoms with van der Waals surface area (Å²) >= 11 is 0. The molecule has 0 radical (unpaired) electrons. The monoisotopic (exact) mass is 393 g/mol. The Labute approximate surface area is 173 Å². The van der Waals surface area contributed by atoms with E-state index in [1.807, 2.05) is 11.8 Å². The number of aryl methyl sites for hydroxylation is 1. The fourth-order valence-corrected chi connectivity index (χ4v) is 4.65. The van der Waals surface area contributed by atoms with Crippen molar-refractivity contribution in [1.29, 1.82) is 0 Å². The highest BCUT2D eigenvalue weighted by Crippen LogP contribution is 2.34. The molecule has 154 valence electrons. The number of ether oxygens (including phenoxy) is 1. The van der Waals surface area contributed by atoms with Gasteiger partial charge >= 0.3 is 0 Å². The predicted octanol–water partition coefficient (Wildman–Crippen LogP) is 3.58. The molecule has 2 aromatic carbocycles. The van der Waals surface area contributed by atoms with E-state index < -0.39 is 0 Å². The van der Waals surface area contributed by atoms with Gasteiger partial charge in [-0.15, -0.1) is 0 Å². The Morgan fingerprint density at radius 1 is 1.21 bits per heavy atom. The minimum atomic E-state index is 0.213. The minimum Gasteiger partial charge on any atom is -0.496 e. The topological polar surface area (TPSA) is 53.6 Å². The molecule has 0 saturated carbocycles. The number of piperidine rings is 1. The molecule has 2 atom stereocenters. The summed E-state index contributed by atoms with van der Waals surface area (Å²) in [7, 11) is 1.73. The first-order valence-electron chi connectivity index (χ1n) is 10.7. The number of hydrogen-bond donors (Lipinski definition) is 2. The lowest BCUT2D eigenvalue weighted by Gasteiger charge is -2.34. The Hall–Kier alpha value is -2.37. The summed E-state index contributed by atoms with van der Waals surface area (Å²) in [6.07, 6.45) is 3.67. The molecule has 0 spiro atoms. The van der Waals surface area contributed by atoms with Crippen molar-refractivity contribution >= 4 is 11.6 Å². The van der Waals surface area contributed by atoms with Crippen molar-refractivity contribution in [2.24, 2.45) is 0 Å². The number of amides is 1. The summed E-state index contributed by atoms with van der Waals surface area (Å²) in [5, 5.41) is 7.44. The van der Waals surface area contributed by atoms with E-state index in [4.69, 9.17) is 4.74 Å². The molecule has 2 aromatic rings. The molecule has 2 unspecified atom stereocenters. The van der Waals surface area contributed by atoms with Gasteiger partial charge < -0.3 is 20.3 Å². The highest BCUT2D eigenvalue weighted by atomic mass is 16.5. The SMILES string of the molecule is CCN1C(=O)CCc2cc(OC)c(CNC3CCCNC3c3ccccc3)cc21. The largest absolute Gasteiger partial charge is 0.496 e. The van der Waals surface area contributed by atoms with Crippen LogP contribution in [-0.2, 0) is 17.8 Å². The van der Waals surface area contributed by atoms with Gasteiger partial charge in [-0.1, -0.05) is 30.3 Å². The fraction of sp³-hybridized carbons (Fsp3) is 0.458. The molecular weight excluding hydrogens is 362 g/mol. The van der Waals surface area contributed by atoms with E-state index in [0.29, 0.717) is 25.0 Å². The van der Waals surface area contributed by atoms with E-state index in [0.717, 1.165) is 42.9 Å². The molecule has 5 nitrogen and oxygen atoms in total. The predicted molar refractivity (Wildman–Crippen MR) is 116 cm³/mol. The van der Waals surface area contributed by atoms with Crippen molar-refractivity contribution in [2.45, 2.75) is 51.2 Å². The van der Waals surface area contributed by atoms with Gasteiger partial charge in [-0.3, -0.25) is 4.79 Å². The van der Waals surface area contributed by atoms with Crippen LogP contribution in [0, 0.1) is 0 Å². The maximum absolute atomic E-state index is 12.3. The van der Waals surface area contributed by atoms with Crippen LogP contribution in [0.15, 0.2) is 42.5 Å². The van der Waals surface area contributed by atoms with Crippen LogP contribution in [0.4, 0.5) is 5.69 Å². The third kappa shape index (κ3) is 4.16. The van der Waals surface area contributed by atoms with Crippen molar-refractivity contribution in [3.63, 3.8) is 0 Å². The fourth-order valence-electron chi connectivity index (χ4n) is 4.65. The number of methoxy groups -OCH3 is 1. The van der Waals surface area contributed by atoms with Gasteiger partial charge in [0.25, 0.3) is 0 Å². The number of benzene rings is 2. The highest BCUT2D eigenvalue weighted by molar-refractivity contribution is 5.96. The second-order valence-corrected chi connectivity index (χ2v) is 7.90. The molecule has 5 heteroatoms. The third-order valence-corrected chi connectivity index (χ3v) is 6.17. The van der Waals surface area contributed by atoms with Crippen molar-refractivity contribution in [3.8, 4) is 5.75 Å². The van der Waals surface area contributed by atoms with Crippen molar-refractivity contribution in [3.05, 3.63) is 59.2 Å². The Kier molecular flexibility index (Phi) is 6.16. The van der Waals surface area contributed by atoms with Crippen LogP contribution in [0.1, 0.15) is 48.9 Å². The summed E-state index contributed by atoms with van der Waals surface area (Å²) in [5.74, 6) is 1.12. The number of carbonyl (C=O) groups excluding carboxylic acids is 1. The molecule has 0 bridgehead atoms. The summed E-state index contributed by atoms with van der Waals surface area (Å²) in [6, 6.07) is 15.6. The number of hydrogen-bond acceptors (Lipinski definition) is 4. The molecule has 2 N–H and O–H groups in total. The molecule has 4 rings (SSSR count). The molecule has 1 amide bonds. The van der Waals surface area contributed by atoms with E-state index in [1.165, 1.54) is 17.5 Å². The highest BCUT2D eigenvalue weighted by Gasteiger charge is 2.27. The number of rotatable bonds is 6. The van der Waals surface area contributed by atoms with Gasteiger partial charge in [0.2, 0.25) is 5.91 Å². The zero-order chi connectivity index (χ0) is 20.2. The van der Waals surface area contributed by atoms with Gasteiger partial charge in [-0.05, 0) is 56.0 Å². The standard InChI is InChI=1S/C24H31N3O2/c1-3-27-21-14-19(22(29-2)15-18(21)11-12-23(27)28)16-26-20-10-7-13-25-24(20)17-8-5-4-6-9-17/h4-6,8-9,14-15,20,24-26H,3,7,10-13,16H2,1-2H3. The Balaban J connectivity index is 1.55. The quantitative estimate of drug-likeness (QED) is 0.788. The van der Waals surface area contributed by atoms with Crippen LogP contribution < -0.4 is 20.3 Å². The zero-order valence-electron chi connectivity index (χ0n) is 17.4. The lowest BCUT2D eigenvalue weighted by Crippen LogP contribution is -2.45. The molecule has 29 heavy (non-hydrogen) atoms. The van der Waals surface area contributed by atoms with E-state index in [2.05, 4.69) is 53.1 Å². The van der Waals surface area contributed by atoms with Gasteiger partial charge in [0, 0.05) is 42.8 Å². The van der Waals surface area contributed by atoms with Crippen LogP contribution >= 0.6 is 0 Å². The first-order valence-corrected chi connectivity index (χ1v) is 10.7. The van der Waals surface area contributed by atoms with Crippen LogP contribution in [0.5, 0.6) is 5.75 Å². The van der Waals surface area contributed by atoms with Gasteiger partial charge in [0.1, 0.15) is 5.75 Å². The maximum Gasteiger partial charge on any atom is 0.227 e. The molecular formula is C24H31N3O2. The molecule has 0 aliphatic carbocycles. The van der Waals surface area contributed by atoms with Crippen LogP contribution in [0.25, 0.3) is 0 Å². The molecule has 0 aromatic heterocycles. The first-order chi connectivity index (χ1) is 14.2. The third-order valence-electron chi connectivity index (χ3n) is 6.17. The Morgan fingerprint density at radius 2 is 2.03 bits per heavy atom. The number of anilines is 1. The van der Waals surface area contributed by atoms with Gasteiger partial charge in [0.15, 0.2) is 0 Å². The minimum absolute atomic E-state index is 0.213. The molecule has 1 saturated heterocycles. The maximum atomic E-state index is 12.3. The smallest absolute Gasteiger partial charge is 0.227 e. The summed E-state index contributed by atoms with van der Waals surface area (Å²) in [6.45, 7) is 4.51. The van der Waals surface area contributed by atoms with Gasteiger partial charge in [-0.2, -0.15) is 0 Å². The lowest BCUT2D eigenvalue weighted by molar-refractivity contribution is -0.118. The molecule has 2 aliphatic rings. The van der Waals surface area contributed by atoms with Crippen LogP contribution in [0.3, 0.4) is 0 Å². The number of carbonyl (C=O) groups is 1. The van der Waals surface area contributed by atoms with Gasteiger partial charge in [-0.25, -0.2) is 0 Å². The van der Waals surface area contributed by atoms with Gasteiger partial charge in [0.05, 0.1) is 7.11 Å². The number of nitrogens with zero attached hydrogens (tertiary/aromatic N) is 1. The summed E-state index contributed by atoms with van der Waals surface area (Å²) < 4.78 is 5.70. The normalized spacial score (nSPS) is 21.7. The Morgan fingerprint density at radius 3 is 2.79 bits per heavy atom. The van der Waals surface area contributed by atoms with E-state index in [9.17, 15) is 4.79 Å². The van der Waals surface area contributed by atoms with Crippen molar-refractivity contribution in [2.75, 3.05) is 25.1 Å². The molecule has 1 fully saturated rings. The number of nitrogens with one attached hydrogen (secondary N) is 2. The average Bonchev–Trinajstić information content (AvgIpc) is 2.78. The van der Waals surface area contributed by atoms with Crippen LogP contribution in [0.2, 0.25) is 0 Å². The van der Waals surface area contributed by atoms with Crippen molar-refractivity contribution < 1.29 is 9.53 Å².